The van der Waals surface area contributed by atoms with Crippen molar-refractivity contribution in [3.05, 3.63) is 40.3 Å². The number of nitrogens with one attached hydrogen (secondary N) is 1. The number of hydrogen-bond donors (Lipinski definition) is 1. The first-order valence-corrected chi connectivity index (χ1v) is 7.63. The van der Waals surface area contributed by atoms with Crippen LogP contribution in [-0.2, 0) is 4.79 Å². The minimum absolute atomic E-state index is 0.0153. The van der Waals surface area contributed by atoms with Crippen LogP contribution in [0.15, 0.2) is 28.9 Å². The fraction of sp³-hybridized carbons (Fsp3) is 0.400. The topological polar surface area (TPSA) is 114 Å². The van der Waals surface area contributed by atoms with Crippen molar-refractivity contribution in [2.75, 3.05) is 23.3 Å². The van der Waals surface area contributed by atoms with Gasteiger partial charge in [-0.25, -0.2) is 4.98 Å². The van der Waals surface area contributed by atoms with E-state index in [1.165, 1.54) is 12.3 Å². The third kappa shape index (κ3) is 3.34. The number of carbonyl (C=O) groups is 1. The van der Waals surface area contributed by atoms with Gasteiger partial charge in [0.05, 0.1) is 4.92 Å². The number of anilines is 2. The Hall–Kier alpha value is -2.97. The highest BCUT2D eigenvalue weighted by atomic mass is 16.6. The van der Waals surface area contributed by atoms with Crippen LogP contribution in [-0.4, -0.2) is 34.1 Å². The van der Waals surface area contributed by atoms with Gasteiger partial charge < -0.3 is 14.7 Å². The molecule has 9 heteroatoms. The first-order valence-electron chi connectivity index (χ1n) is 7.63. The minimum Gasteiger partial charge on any atom is -0.360 e. The van der Waals surface area contributed by atoms with Crippen LogP contribution in [0.1, 0.15) is 18.6 Å². The van der Waals surface area contributed by atoms with Gasteiger partial charge in [-0.3, -0.25) is 14.9 Å². The summed E-state index contributed by atoms with van der Waals surface area (Å²) in [5, 5.41) is 17.6. The molecule has 2 aromatic heterocycles. The van der Waals surface area contributed by atoms with E-state index >= 15 is 0 Å². The lowest BCUT2D eigenvalue weighted by Gasteiger charge is -2.31. The summed E-state index contributed by atoms with van der Waals surface area (Å²) in [5.74, 6) is 1.11. The Morgan fingerprint density at radius 3 is 2.83 bits per heavy atom. The van der Waals surface area contributed by atoms with Crippen LogP contribution < -0.4 is 10.2 Å². The molecule has 0 saturated carbocycles. The molecule has 9 nitrogen and oxygen atoms in total. The summed E-state index contributed by atoms with van der Waals surface area (Å²) in [4.78, 5) is 28.9. The molecular weight excluding hydrogens is 314 g/mol. The number of nitro groups is 1. The molecule has 3 heterocycles. The zero-order valence-corrected chi connectivity index (χ0v) is 13.1. The molecule has 0 radical (unpaired) electrons. The van der Waals surface area contributed by atoms with Crippen molar-refractivity contribution in [2.45, 2.75) is 19.8 Å². The molecule has 1 saturated heterocycles. The number of rotatable bonds is 4. The van der Waals surface area contributed by atoms with E-state index in [0.29, 0.717) is 43.3 Å². The van der Waals surface area contributed by atoms with Crippen LogP contribution in [0.2, 0.25) is 0 Å². The number of aromatic nitrogens is 2. The van der Waals surface area contributed by atoms with Gasteiger partial charge in [0.25, 0.3) is 0 Å². The second-order valence-corrected chi connectivity index (χ2v) is 5.68. The van der Waals surface area contributed by atoms with E-state index in [1.54, 1.807) is 19.1 Å². The van der Waals surface area contributed by atoms with E-state index in [-0.39, 0.29) is 17.5 Å². The highest BCUT2D eigenvalue weighted by Crippen LogP contribution is 2.29. The third-order valence-electron chi connectivity index (χ3n) is 4.01. The maximum absolute atomic E-state index is 12.3. The van der Waals surface area contributed by atoms with E-state index in [1.807, 2.05) is 4.90 Å². The molecule has 24 heavy (non-hydrogen) atoms. The number of nitrogens with zero attached hydrogens (tertiary/aromatic N) is 4. The van der Waals surface area contributed by atoms with Crippen molar-refractivity contribution in [1.29, 1.82) is 0 Å². The zero-order chi connectivity index (χ0) is 17.1. The Balaban J connectivity index is 1.62. The number of carbonyl (C=O) groups excluding carboxylic acids is 1. The largest absolute Gasteiger partial charge is 0.360 e. The predicted octanol–water partition coefficient (Wildman–Crippen LogP) is 2.14. The highest BCUT2D eigenvalue weighted by Gasteiger charge is 2.29. The van der Waals surface area contributed by atoms with Gasteiger partial charge in [-0.05, 0) is 25.8 Å². The molecule has 0 spiro atoms. The quantitative estimate of drug-likeness (QED) is 0.674. The van der Waals surface area contributed by atoms with E-state index < -0.39 is 4.92 Å². The van der Waals surface area contributed by atoms with Crippen molar-refractivity contribution in [2.24, 2.45) is 5.92 Å². The molecule has 1 fully saturated rings. The molecule has 126 valence electrons. The maximum Gasteiger partial charge on any atom is 0.311 e. The molecular formula is C15H17N5O4. The average molecular weight is 331 g/mol. The molecule has 1 amide bonds. The number of aryl methyl sites for hydroxylation is 1. The highest BCUT2D eigenvalue weighted by molar-refractivity contribution is 5.91. The molecule has 0 atom stereocenters. The van der Waals surface area contributed by atoms with Crippen LogP contribution >= 0.6 is 0 Å². The minimum atomic E-state index is -0.436. The van der Waals surface area contributed by atoms with Crippen molar-refractivity contribution in [3.63, 3.8) is 0 Å². The Kier molecular flexibility index (Phi) is 4.41. The normalized spacial score (nSPS) is 15.3. The summed E-state index contributed by atoms with van der Waals surface area (Å²) < 4.78 is 4.92. The van der Waals surface area contributed by atoms with Gasteiger partial charge in [-0.2, -0.15) is 0 Å². The standard InChI is InChI=1S/C15H17N5O4/c1-10-9-13(18-24-10)17-15(21)11-4-7-19(8-5-11)14-12(20(22)23)3-2-6-16-14/h2-3,6,9,11H,4-5,7-8H2,1H3,(H,17,18,21). The van der Waals surface area contributed by atoms with E-state index in [0.717, 1.165) is 0 Å². The summed E-state index contributed by atoms with van der Waals surface area (Å²) in [7, 11) is 0. The maximum atomic E-state index is 12.3. The number of pyridine rings is 1. The lowest BCUT2D eigenvalue weighted by atomic mass is 9.96. The van der Waals surface area contributed by atoms with Gasteiger partial charge in [0, 0.05) is 37.3 Å². The lowest BCUT2D eigenvalue weighted by Crippen LogP contribution is -2.38. The monoisotopic (exact) mass is 331 g/mol. The Morgan fingerprint density at radius 2 is 2.21 bits per heavy atom. The summed E-state index contributed by atoms with van der Waals surface area (Å²) in [5.41, 5.74) is -0.0153. The van der Waals surface area contributed by atoms with Crippen molar-refractivity contribution >= 4 is 23.2 Å². The average Bonchev–Trinajstić information content (AvgIpc) is 3.00. The number of amides is 1. The van der Waals surface area contributed by atoms with Crippen LogP contribution in [0.25, 0.3) is 0 Å². The Labute approximate surface area is 137 Å². The van der Waals surface area contributed by atoms with Gasteiger partial charge in [0.15, 0.2) is 5.82 Å². The van der Waals surface area contributed by atoms with Crippen LogP contribution in [0.3, 0.4) is 0 Å². The van der Waals surface area contributed by atoms with Gasteiger partial charge in [-0.15, -0.1) is 0 Å². The van der Waals surface area contributed by atoms with Crippen LogP contribution in [0.5, 0.6) is 0 Å². The van der Waals surface area contributed by atoms with E-state index in [4.69, 9.17) is 4.52 Å². The molecule has 1 aliphatic rings. The SMILES string of the molecule is Cc1cc(NC(=O)C2CCN(c3ncccc3[N+](=O)[O-])CC2)no1. The summed E-state index contributed by atoms with van der Waals surface area (Å²) >= 11 is 0. The molecule has 1 aliphatic heterocycles. The summed E-state index contributed by atoms with van der Waals surface area (Å²) in [6.07, 6.45) is 2.72. The van der Waals surface area contributed by atoms with Crippen molar-refractivity contribution in [1.82, 2.24) is 10.1 Å². The fourth-order valence-corrected chi connectivity index (χ4v) is 2.78. The van der Waals surface area contributed by atoms with Gasteiger partial charge in [0.2, 0.25) is 11.7 Å². The molecule has 0 unspecified atom stereocenters. The number of hydrogen-bond acceptors (Lipinski definition) is 7. The van der Waals surface area contributed by atoms with Crippen LogP contribution in [0, 0.1) is 23.0 Å². The van der Waals surface area contributed by atoms with Crippen molar-refractivity contribution in [3.8, 4) is 0 Å². The zero-order valence-electron chi connectivity index (χ0n) is 13.1. The van der Waals surface area contributed by atoms with Crippen LogP contribution in [0.4, 0.5) is 17.3 Å². The second kappa shape index (κ2) is 6.65. The van der Waals surface area contributed by atoms with Gasteiger partial charge >= 0.3 is 5.69 Å². The van der Waals surface area contributed by atoms with E-state index in [9.17, 15) is 14.9 Å². The first-order chi connectivity index (χ1) is 11.5. The lowest BCUT2D eigenvalue weighted by molar-refractivity contribution is -0.384. The molecule has 3 rings (SSSR count). The molecule has 2 aromatic rings. The Morgan fingerprint density at radius 1 is 1.46 bits per heavy atom. The summed E-state index contributed by atoms with van der Waals surface area (Å²) in [6.45, 7) is 2.82. The molecule has 0 aliphatic carbocycles. The van der Waals surface area contributed by atoms with Gasteiger partial charge in [-0.1, -0.05) is 5.16 Å². The van der Waals surface area contributed by atoms with E-state index in [2.05, 4.69) is 15.5 Å². The summed E-state index contributed by atoms with van der Waals surface area (Å²) in [6, 6.07) is 4.64. The van der Waals surface area contributed by atoms with Gasteiger partial charge in [0.1, 0.15) is 5.76 Å². The third-order valence-corrected chi connectivity index (χ3v) is 4.01. The van der Waals surface area contributed by atoms with Crippen molar-refractivity contribution < 1.29 is 14.2 Å². The Bertz CT molecular complexity index is 752. The molecule has 1 N–H and O–H groups in total. The predicted molar refractivity (Wildman–Crippen MR) is 85.7 cm³/mol. The molecule has 0 aromatic carbocycles. The fourth-order valence-electron chi connectivity index (χ4n) is 2.78. The smallest absolute Gasteiger partial charge is 0.311 e. The second-order valence-electron chi connectivity index (χ2n) is 5.68. The number of piperidine rings is 1. The molecule has 0 bridgehead atoms. The first kappa shape index (κ1) is 15.9.